The highest BCUT2D eigenvalue weighted by Gasteiger charge is 2.24. The Morgan fingerprint density at radius 3 is 1.35 bits per heavy atom. The maximum atomic E-state index is 13.1. The van der Waals surface area contributed by atoms with Crippen LogP contribution in [0.3, 0.4) is 0 Å². The Morgan fingerprint density at radius 1 is 0.588 bits per heavy atom. The summed E-state index contributed by atoms with van der Waals surface area (Å²) in [6.07, 6.45) is 0. The van der Waals surface area contributed by atoms with Crippen LogP contribution < -0.4 is 9.44 Å². The van der Waals surface area contributed by atoms with Crippen LogP contribution in [0, 0.1) is 0 Å². The normalized spacial score (nSPS) is 12.3. The second-order valence-corrected chi connectivity index (χ2v) is 14.0. The van der Waals surface area contributed by atoms with E-state index in [-0.39, 0.29) is 29.8 Å². The lowest BCUT2D eigenvalue weighted by Gasteiger charge is -2.15. The molecule has 12 heteroatoms. The number of halogens is 2. The third-order valence-corrected chi connectivity index (χ3v) is 11.5. The minimum absolute atomic E-state index is 0.0449. The number of hydrogen-bond donors (Lipinski definition) is 2. The van der Waals surface area contributed by atoms with Gasteiger partial charge in [0.2, 0.25) is 0 Å². The quantitative estimate of drug-likeness (QED) is 0.230. The van der Waals surface area contributed by atoms with Gasteiger partial charge in [0.1, 0.15) is 8.42 Å². The Hall–Kier alpha value is -2.34. The molecule has 0 radical (unpaired) electrons. The summed E-state index contributed by atoms with van der Waals surface area (Å²) in [5, 5.41) is 1.71. The number of rotatable bonds is 6. The predicted octanol–water partition coefficient (Wildman–Crippen LogP) is 7.02. The summed E-state index contributed by atoms with van der Waals surface area (Å²) < 4.78 is 59.2. The van der Waals surface area contributed by atoms with Crippen LogP contribution in [0.2, 0.25) is 10.0 Å². The van der Waals surface area contributed by atoms with Crippen LogP contribution in [0.25, 0.3) is 20.2 Å². The zero-order valence-corrected chi connectivity index (χ0v) is 21.7. The minimum Gasteiger partial charge on any atom is -0.277 e. The van der Waals surface area contributed by atoms with Crippen LogP contribution in [0.15, 0.2) is 81.2 Å². The first kappa shape index (κ1) is 23.4. The van der Waals surface area contributed by atoms with E-state index in [2.05, 4.69) is 9.44 Å². The van der Waals surface area contributed by atoms with Crippen LogP contribution in [0.4, 0.5) is 11.4 Å². The smallest absolute Gasteiger partial charge is 0.271 e. The highest BCUT2D eigenvalue weighted by molar-refractivity contribution is 7.95. The number of sulfonamides is 2. The van der Waals surface area contributed by atoms with E-state index in [0.29, 0.717) is 0 Å². The lowest BCUT2D eigenvalue weighted by atomic mass is 10.3. The van der Waals surface area contributed by atoms with Gasteiger partial charge in [0.25, 0.3) is 20.0 Å². The first-order valence-corrected chi connectivity index (χ1v) is 15.0. The van der Waals surface area contributed by atoms with Crippen molar-refractivity contribution in [1.82, 2.24) is 0 Å². The highest BCUT2D eigenvalue weighted by Crippen LogP contribution is 2.38. The Balaban J connectivity index is 1.53. The zero-order chi connectivity index (χ0) is 24.1. The summed E-state index contributed by atoms with van der Waals surface area (Å²) >= 11 is 14.5. The van der Waals surface area contributed by atoms with Crippen molar-refractivity contribution in [1.29, 1.82) is 0 Å². The molecular formula is C22H14Cl2N2O4S4. The zero-order valence-electron chi connectivity index (χ0n) is 17.0. The fourth-order valence-corrected chi connectivity index (χ4v) is 8.55. The molecule has 0 aliphatic carbocycles. The molecule has 2 N–H and O–H groups in total. The fraction of sp³-hybridized carbons (Fsp3) is 0. The van der Waals surface area contributed by atoms with Crippen molar-refractivity contribution in [3.05, 3.63) is 82.8 Å². The summed E-state index contributed by atoms with van der Waals surface area (Å²) in [5.74, 6) is 0. The largest absolute Gasteiger partial charge is 0.277 e. The average Bonchev–Trinajstić information content (AvgIpc) is 3.42. The van der Waals surface area contributed by atoms with E-state index in [4.69, 9.17) is 23.2 Å². The molecule has 0 saturated heterocycles. The van der Waals surface area contributed by atoms with Crippen molar-refractivity contribution >= 4 is 97.5 Å². The molecule has 0 aliphatic rings. The van der Waals surface area contributed by atoms with Crippen LogP contribution in [0.5, 0.6) is 0 Å². The average molecular weight is 570 g/mol. The maximum Gasteiger partial charge on any atom is 0.271 e. The van der Waals surface area contributed by atoms with Gasteiger partial charge in [-0.2, -0.15) is 0 Å². The standard InChI is InChI=1S/C22H14Cl2N2O4S4/c23-15-11-17(25-33(27,28)21-9-13-5-1-3-7-19(13)31-21)18(12-16(15)24)26-34(29,30)22-10-14-6-2-4-8-20(14)32-22/h1-12,25-26H. The van der Waals surface area contributed by atoms with Gasteiger partial charge in [-0.05, 0) is 47.2 Å². The van der Waals surface area contributed by atoms with Gasteiger partial charge in [0.15, 0.2) is 0 Å². The molecule has 6 nitrogen and oxygen atoms in total. The van der Waals surface area contributed by atoms with Crippen LogP contribution in [-0.4, -0.2) is 16.8 Å². The Bertz CT molecular complexity index is 1580. The number of benzene rings is 3. The molecular weight excluding hydrogens is 555 g/mol. The summed E-state index contributed by atoms with van der Waals surface area (Å²) in [4.78, 5) is 0. The van der Waals surface area contributed by atoms with Crippen molar-refractivity contribution in [2.45, 2.75) is 8.42 Å². The molecule has 34 heavy (non-hydrogen) atoms. The van der Waals surface area contributed by atoms with Gasteiger partial charge in [-0.3, -0.25) is 9.44 Å². The predicted molar refractivity (Wildman–Crippen MR) is 142 cm³/mol. The molecule has 0 spiro atoms. The van der Waals surface area contributed by atoms with Gasteiger partial charge in [-0.25, -0.2) is 16.8 Å². The lowest BCUT2D eigenvalue weighted by molar-refractivity contribution is 0.601. The number of fused-ring (bicyclic) bond motifs is 2. The molecule has 5 rings (SSSR count). The second-order valence-electron chi connectivity index (χ2n) is 7.23. The second kappa shape index (κ2) is 8.71. The van der Waals surface area contributed by atoms with Gasteiger partial charge < -0.3 is 0 Å². The molecule has 174 valence electrons. The highest BCUT2D eigenvalue weighted by atomic mass is 35.5. The first-order valence-electron chi connectivity index (χ1n) is 9.64. The maximum absolute atomic E-state index is 13.1. The van der Waals surface area contributed by atoms with Crippen molar-refractivity contribution < 1.29 is 16.8 Å². The number of thiophene rings is 2. The minimum atomic E-state index is -4.03. The number of nitrogens with one attached hydrogen (secondary N) is 2. The van der Waals surface area contributed by atoms with E-state index in [1.54, 1.807) is 12.1 Å². The van der Waals surface area contributed by atoms with Crippen LogP contribution >= 0.6 is 45.9 Å². The van der Waals surface area contributed by atoms with Gasteiger partial charge in [-0.1, -0.05) is 59.6 Å². The summed E-state index contributed by atoms with van der Waals surface area (Å²) in [7, 11) is -8.07. The molecule has 0 saturated carbocycles. The van der Waals surface area contributed by atoms with E-state index in [9.17, 15) is 16.8 Å². The van der Waals surface area contributed by atoms with E-state index >= 15 is 0 Å². The summed E-state index contributed by atoms with van der Waals surface area (Å²) in [6, 6.07) is 20.2. The molecule has 0 amide bonds. The van der Waals surface area contributed by atoms with Crippen molar-refractivity contribution in [3.63, 3.8) is 0 Å². The van der Waals surface area contributed by atoms with Crippen LogP contribution in [-0.2, 0) is 20.0 Å². The Morgan fingerprint density at radius 2 is 0.971 bits per heavy atom. The first-order chi connectivity index (χ1) is 16.1. The third kappa shape index (κ3) is 4.49. The van der Waals surface area contributed by atoms with Gasteiger partial charge in [0.05, 0.1) is 21.4 Å². The Labute approximate surface area is 213 Å². The van der Waals surface area contributed by atoms with E-state index < -0.39 is 20.0 Å². The van der Waals surface area contributed by atoms with Gasteiger partial charge in [-0.15, -0.1) is 22.7 Å². The van der Waals surface area contributed by atoms with Gasteiger partial charge >= 0.3 is 0 Å². The molecule has 3 aromatic carbocycles. The van der Waals surface area contributed by atoms with Crippen molar-refractivity contribution in [2.75, 3.05) is 9.44 Å². The molecule has 0 fully saturated rings. The van der Waals surface area contributed by atoms with E-state index in [1.807, 2.05) is 48.5 Å². The molecule has 2 heterocycles. The van der Waals surface area contributed by atoms with E-state index in [1.165, 1.54) is 12.1 Å². The molecule has 0 unspecified atom stereocenters. The van der Waals surface area contributed by atoms with Crippen molar-refractivity contribution in [3.8, 4) is 0 Å². The fourth-order valence-electron chi connectivity index (χ4n) is 3.29. The molecule has 5 aromatic rings. The summed E-state index contributed by atoms with van der Waals surface area (Å²) in [6.45, 7) is 0. The van der Waals surface area contributed by atoms with Crippen LogP contribution in [0.1, 0.15) is 0 Å². The monoisotopic (exact) mass is 568 g/mol. The van der Waals surface area contributed by atoms with E-state index in [0.717, 1.165) is 42.8 Å². The molecule has 0 bridgehead atoms. The number of anilines is 2. The van der Waals surface area contributed by atoms with Crippen molar-refractivity contribution in [2.24, 2.45) is 0 Å². The molecule has 0 aliphatic heterocycles. The molecule has 0 atom stereocenters. The third-order valence-electron chi connectivity index (χ3n) is 4.88. The SMILES string of the molecule is O=S(=O)(Nc1cc(Cl)c(Cl)cc1NS(=O)(=O)c1cc2ccccc2s1)c1cc2ccccc2s1. The molecule has 2 aromatic heterocycles. The Kier molecular flexibility index (Phi) is 5.99. The lowest BCUT2D eigenvalue weighted by Crippen LogP contribution is -2.16. The van der Waals surface area contributed by atoms with Gasteiger partial charge in [0, 0.05) is 9.40 Å². The number of hydrogen-bond acceptors (Lipinski definition) is 6. The summed E-state index contributed by atoms with van der Waals surface area (Å²) in [5.41, 5.74) is -0.0897. The topological polar surface area (TPSA) is 92.3 Å².